The minimum atomic E-state index is -0.420. The minimum Gasteiger partial charge on any atom is -0.352 e. The van der Waals surface area contributed by atoms with Gasteiger partial charge in [0.25, 0.3) is 5.91 Å². The second kappa shape index (κ2) is 11.1. The molecular weight excluding hydrogens is 473 g/mol. The van der Waals surface area contributed by atoms with Crippen LogP contribution in [0.25, 0.3) is 23.1 Å². The maximum absolute atomic E-state index is 14.6. The highest BCUT2D eigenvalue weighted by atomic mass is 32.2. The molecule has 0 spiro atoms. The number of rotatable bonds is 8. The molecule has 2 aromatic heterocycles. The Morgan fingerprint density at radius 1 is 1.17 bits per heavy atom. The zero-order chi connectivity index (χ0) is 24.9. The van der Waals surface area contributed by atoms with Crippen molar-refractivity contribution in [3.05, 3.63) is 83.1 Å². The van der Waals surface area contributed by atoms with Gasteiger partial charge in [-0.3, -0.25) is 19.8 Å². The van der Waals surface area contributed by atoms with E-state index in [1.807, 2.05) is 49.5 Å². The summed E-state index contributed by atoms with van der Waals surface area (Å²) in [5, 5.41) is 11.2. The number of hydrogen-bond donors (Lipinski definition) is 2. The summed E-state index contributed by atoms with van der Waals surface area (Å²) in [6.07, 6.45) is 8.41. The first kappa shape index (κ1) is 24.2. The van der Waals surface area contributed by atoms with Gasteiger partial charge in [-0.15, -0.1) is 0 Å². The molecule has 0 atom stereocenters. The van der Waals surface area contributed by atoms with Crippen LogP contribution < -0.4 is 5.32 Å². The molecule has 0 radical (unpaired) electrons. The number of fused-ring (bicyclic) bond motifs is 1. The summed E-state index contributed by atoms with van der Waals surface area (Å²) in [6.45, 7) is 5.61. The summed E-state index contributed by atoms with van der Waals surface area (Å²) >= 11 is 1.23. The van der Waals surface area contributed by atoms with Gasteiger partial charge in [0.2, 0.25) is 0 Å². The van der Waals surface area contributed by atoms with E-state index in [4.69, 9.17) is 0 Å². The first-order valence-electron chi connectivity index (χ1n) is 12.2. The van der Waals surface area contributed by atoms with Gasteiger partial charge in [-0.2, -0.15) is 5.10 Å². The first-order valence-corrected chi connectivity index (χ1v) is 13.0. The second-order valence-electron chi connectivity index (χ2n) is 8.80. The Labute approximate surface area is 214 Å². The van der Waals surface area contributed by atoms with E-state index in [2.05, 4.69) is 31.5 Å². The predicted molar refractivity (Wildman–Crippen MR) is 142 cm³/mol. The number of hydrogen-bond acceptors (Lipinski definition) is 5. The predicted octanol–water partition coefficient (Wildman–Crippen LogP) is 5.76. The van der Waals surface area contributed by atoms with Crippen molar-refractivity contribution < 1.29 is 9.18 Å². The first-order chi connectivity index (χ1) is 17.6. The number of pyridine rings is 1. The van der Waals surface area contributed by atoms with Crippen molar-refractivity contribution in [2.45, 2.75) is 36.1 Å². The van der Waals surface area contributed by atoms with Crippen LogP contribution in [0.3, 0.4) is 0 Å². The average molecular weight is 502 g/mol. The summed E-state index contributed by atoms with van der Waals surface area (Å²) < 4.78 is 14.6. The smallest absolute Gasteiger partial charge is 0.252 e. The van der Waals surface area contributed by atoms with E-state index in [-0.39, 0.29) is 5.91 Å². The Morgan fingerprint density at radius 2 is 2.03 bits per heavy atom. The fraction of sp³-hybridized carbons (Fsp3) is 0.250. The highest BCUT2D eigenvalue weighted by molar-refractivity contribution is 7.99. The SMILES string of the molecule is CCNC(=O)c1cccc(F)c1Sc1ccc2c(/C=C/c3ccc(CN4CCCC4)cn3)n[nH]c2c1. The van der Waals surface area contributed by atoms with Crippen LogP contribution in [0.4, 0.5) is 4.39 Å². The van der Waals surface area contributed by atoms with E-state index in [1.165, 1.54) is 49.3 Å². The normalized spacial score (nSPS) is 14.2. The van der Waals surface area contributed by atoms with Crippen LogP contribution in [0.15, 0.2) is 64.5 Å². The van der Waals surface area contributed by atoms with Gasteiger partial charge < -0.3 is 5.32 Å². The lowest BCUT2D eigenvalue weighted by Gasteiger charge is -2.13. The Bertz CT molecular complexity index is 1390. The lowest BCUT2D eigenvalue weighted by atomic mass is 10.2. The number of nitrogens with one attached hydrogen (secondary N) is 2. The molecule has 1 amide bonds. The van der Waals surface area contributed by atoms with Crippen molar-refractivity contribution in [1.82, 2.24) is 25.4 Å². The lowest BCUT2D eigenvalue weighted by Crippen LogP contribution is -2.23. The van der Waals surface area contributed by atoms with Gasteiger partial charge in [-0.1, -0.05) is 23.9 Å². The van der Waals surface area contributed by atoms with Gasteiger partial charge in [0.15, 0.2) is 0 Å². The van der Waals surface area contributed by atoms with Crippen molar-refractivity contribution in [3.8, 4) is 0 Å². The molecule has 1 fully saturated rings. The molecule has 4 aromatic rings. The molecule has 0 bridgehead atoms. The van der Waals surface area contributed by atoms with Crippen LogP contribution in [0.2, 0.25) is 0 Å². The second-order valence-corrected chi connectivity index (χ2v) is 9.89. The van der Waals surface area contributed by atoms with Crippen LogP contribution in [-0.2, 0) is 6.54 Å². The third-order valence-corrected chi connectivity index (χ3v) is 7.31. The number of carbonyl (C=O) groups is 1. The van der Waals surface area contributed by atoms with Gasteiger partial charge in [0.05, 0.1) is 27.4 Å². The number of aromatic nitrogens is 3. The topological polar surface area (TPSA) is 73.9 Å². The van der Waals surface area contributed by atoms with Gasteiger partial charge in [-0.25, -0.2) is 4.39 Å². The lowest BCUT2D eigenvalue weighted by molar-refractivity contribution is 0.0952. The number of benzene rings is 2. The van der Waals surface area contributed by atoms with Crippen molar-refractivity contribution in [2.75, 3.05) is 19.6 Å². The summed E-state index contributed by atoms with van der Waals surface area (Å²) in [6, 6.07) is 14.5. The molecule has 5 rings (SSSR count). The average Bonchev–Trinajstić information content (AvgIpc) is 3.54. The summed E-state index contributed by atoms with van der Waals surface area (Å²) in [7, 11) is 0. The summed E-state index contributed by atoms with van der Waals surface area (Å²) in [4.78, 5) is 20.5. The number of likely N-dealkylation sites (tertiary alicyclic amines) is 1. The number of halogens is 1. The largest absolute Gasteiger partial charge is 0.352 e. The van der Waals surface area contributed by atoms with Crippen LogP contribution in [0.1, 0.15) is 47.1 Å². The number of aromatic amines is 1. The zero-order valence-electron chi connectivity index (χ0n) is 20.1. The summed E-state index contributed by atoms with van der Waals surface area (Å²) in [5.41, 5.74) is 4.08. The molecule has 1 aliphatic rings. The van der Waals surface area contributed by atoms with Crippen molar-refractivity contribution in [2.24, 2.45) is 0 Å². The van der Waals surface area contributed by atoms with Crippen molar-refractivity contribution in [1.29, 1.82) is 0 Å². The fourth-order valence-corrected chi connectivity index (χ4v) is 5.35. The molecule has 8 heteroatoms. The van der Waals surface area contributed by atoms with E-state index in [1.54, 1.807) is 12.1 Å². The maximum Gasteiger partial charge on any atom is 0.252 e. The Hall–Kier alpha value is -3.49. The highest BCUT2D eigenvalue weighted by Gasteiger charge is 2.17. The van der Waals surface area contributed by atoms with Crippen molar-refractivity contribution in [3.63, 3.8) is 0 Å². The molecule has 1 saturated heterocycles. The molecule has 0 aliphatic carbocycles. The number of nitrogens with zero attached hydrogens (tertiary/aromatic N) is 3. The monoisotopic (exact) mass is 501 g/mol. The van der Waals surface area contributed by atoms with Crippen LogP contribution in [0, 0.1) is 5.82 Å². The fourth-order valence-electron chi connectivity index (χ4n) is 4.37. The minimum absolute atomic E-state index is 0.285. The van der Waals surface area contributed by atoms with E-state index in [0.29, 0.717) is 17.0 Å². The van der Waals surface area contributed by atoms with E-state index < -0.39 is 5.82 Å². The van der Waals surface area contributed by atoms with Crippen LogP contribution in [0.5, 0.6) is 0 Å². The molecule has 3 heterocycles. The molecule has 36 heavy (non-hydrogen) atoms. The van der Waals surface area contributed by atoms with Gasteiger partial charge in [0, 0.05) is 29.6 Å². The third-order valence-electron chi connectivity index (χ3n) is 6.20. The highest BCUT2D eigenvalue weighted by Crippen LogP contribution is 2.34. The van der Waals surface area contributed by atoms with Crippen LogP contribution in [-0.4, -0.2) is 45.6 Å². The molecule has 0 unspecified atom stereocenters. The van der Waals surface area contributed by atoms with Crippen LogP contribution >= 0.6 is 11.8 Å². The Kier molecular flexibility index (Phi) is 7.44. The molecular formula is C28H28FN5OS. The molecule has 2 N–H and O–H groups in total. The Balaban J connectivity index is 1.31. The zero-order valence-corrected chi connectivity index (χ0v) is 20.9. The van der Waals surface area contributed by atoms with Gasteiger partial charge in [0.1, 0.15) is 5.82 Å². The van der Waals surface area contributed by atoms with E-state index in [0.717, 1.165) is 33.7 Å². The quantitative estimate of drug-likeness (QED) is 0.321. The molecule has 2 aromatic carbocycles. The number of H-pyrrole nitrogens is 1. The van der Waals surface area contributed by atoms with E-state index in [9.17, 15) is 9.18 Å². The van der Waals surface area contributed by atoms with Crippen molar-refractivity contribution >= 4 is 40.7 Å². The number of carbonyl (C=O) groups excluding carboxylic acids is 1. The summed E-state index contributed by atoms with van der Waals surface area (Å²) in [5.74, 6) is -0.705. The van der Waals surface area contributed by atoms with Gasteiger partial charge >= 0.3 is 0 Å². The number of amides is 1. The Morgan fingerprint density at radius 3 is 2.81 bits per heavy atom. The maximum atomic E-state index is 14.6. The standard InChI is InChI=1S/C28H28FN5OS/c1-2-30-28(35)23-6-5-7-24(29)27(23)36-21-11-12-22-25(32-33-26(22)16-21)13-10-20-9-8-19(17-31-20)18-34-14-3-4-15-34/h5-13,16-17H,2-4,14-15,18H2,1H3,(H,30,35)(H,32,33)/b13-10+. The van der Waals surface area contributed by atoms with Gasteiger partial charge in [-0.05, 0) is 87.0 Å². The molecule has 6 nitrogen and oxygen atoms in total. The third kappa shape index (κ3) is 5.50. The molecule has 1 aliphatic heterocycles. The van der Waals surface area contributed by atoms with E-state index >= 15 is 0 Å². The molecule has 0 saturated carbocycles. The molecule has 184 valence electrons.